The largest absolute Gasteiger partial charge is 0.302 e. The number of hydroxylamine groups is 1. The molecule has 0 fully saturated rings. The van der Waals surface area contributed by atoms with Gasteiger partial charge in [-0.05, 0) is 20.3 Å². The highest BCUT2D eigenvalue weighted by molar-refractivity contribution is 6.31. The molecule has 0 unspecified atom stereocenters. The number of nitrogens with one attached hydrogen (secondary N) is 1. The van der Waals surface area contributed by atoms with Gasteiger partial charge in [-0.1, -0.05) is 18.5 Å². The van der Waals surface area contributed by atoms with E-state index in [2.05, 4.69) is 10.6 Å². The van der Waals surface area contributed by atoms with Gasteiger partial charge < -0.3 is 4.84 Å². The number of hydrogen-bond donors (Lipinski definition) is 1. The van der Waals surface area contributed by atoms with Crippen LogP contribution in [0.2, 0.25) is 5.02 Å². The predicted molar refractivity (Wildman–Crippen MR) is 60.8 cm³/mol. The first kappa shape index (κ1) is 12.5. The monoisotopic (exact) mass is 231 g/mol. The minimum atomic E-state index is 0.591. The van der Waals surface area contributed by atoms with E-state index in [0.29, 0.717) is 13.2 Å². The van der Waals surface area contributed by atoms with Crippen molar-refractivity contribution in [1.82, 2.24) is 15.3 Å². The van der Waals surface area contributed by atoms with Crippen LogP contribution in [-0.4, -0.2) is 16.4 Å². The first-order chi connectivity index (χ1) is 7.24. The third kappa shape index (κ3) is 2.93. The molecule has 0 saturated carbocycles. The molecule has 0 aliphatic rings. The summed E-state index contributed by atoms with van der Waals surface area (Å²) in [6.07, 6.45) is 0.855. The van der Waals surface area contributed by atoms with Crippen LogP contribution in [0.25, 0.3) is 0 Å². The van der Waals surface area contributed by atoms with Crippen LogP contribution in [0.4, 0.5) is 0 Å². The van der Waals surface area contributed by atoms with Gasteiger partial charge in [-0.2, -0.15) is 10.6 Å². The van der Waals surface area contributed by atoms with Gasteiger partial charge in [-0.3, -0.25) is 4.68 Å². The van der Waals surface area contributed by atoms with Crippen molar-refractivity contribution in [2.45, 2.75) is 40.3 Å². The van der Waals surface area contributed by atoms with E-state index in [9.17, 15) is 0 Å². The molecule has 15 heavy (non-hydrogen) atoms. The van der Waals surface area contributed by atoms with E-state index >= 15 is 0 Å². The lowest BCUT2D eigenvalue weighted by molar-refractivity contribution is 0.0448. The van der Waals surface area contributed by atoms with Crippen LogP contribution in [0.15, 0.2) is 0 Å². The molecule has 0 aromatic carbocycles. The van der Waals surface area contributed by atoms with Gasteiger partial charge in [0.05, 0.1) is 29.6 Å². The molecule has 1 rings (SSSR count). The standard InChI is InChI=1S/C10H18ClN3O/c1-4-8-10(11)9(7-12-15-6-3)14(5-2)13-8/h12H,4-7H2,1-3H3. The van der Waals surface area contributed by atoms with Gasteiger partial charge in [0.15, 0.2) is 0 Å². The van der Waals surface area contributed by atoms with E-state index in [-0.39, 0.29) is 0 Å². The van der Waals surface area contributed by atoms with Crippen LogP contribution in [0.3, 0.4) is 0 Å². The fourth-order valence-electron chi connectivity index (χ4n) is 1.41. The van der Waals surface area contributed by atoms with Crippen molar-refractivity contribution in [2.24, 2.45) is 0 Å². The average molecular weight is 232 g/mol. The Morgan fingerprint density at radius 3 is 2.67 bits per heavy atom. The zero-order valence-corrected chi connectivity index (χ0v) is 10.3. The maximum absolute atomic E-state index is 6.21. The molecule has 1 N–H and O–H groups in total. The van der Waals surface area contributed by atoms with Crippen LogP contribution in [0, 0.1) is 0 Å². The summed E-state index contributed by atoms with van der Waals surface area (Å²) in [6, 6.07) is 0. The summed E-state index contributed by atoms with van der Waals surface area (Å²) in [5.74, 6) is 0. The van der Waals surface area contributed by atoms with Crippen molar-refractivity contribution >= 4 is 11.6 Å². The second-order valence-corrected chi connectivity index (χ2v) is 3.51. The molecule has 0 bridgehead atoms. The zero-order valence-electron chi connectivity index (χ0n) is 9.51. The molecule has 1 aromatic heterocycles. The molecule has 86 valence electrons. The predicted octanol–water partition coefficient (Wildman–Crippen LogP) is 2.16. The third-order valence-corrected chi connectivity index (χ3v) is 2.62. The van der Waals surface area contributed by atoms with Gasteiger partial charge in [0, 0.05) is 6.54 Å². The number of aromatic nitrogens is 2. The molecule has 4 nitrogen and oxygen atoms in total. The van der Waals surface area contributed by atoms with E-state index < -0.39 is 0 Å². The highest BCUT2D eigenvalue weighted by Gasteiger charge is 2.13. The third-order valence-electron chi connectivity index (χ3n) is 2.18. The van der Waals surface area contributed by atoms with Gasteiger partial charge in [0.1, 0.15) is 0 Å². The summed E-state index contributed by atoms with van der Waals surface area (Å²) in [7, 11) is 0. The Morgan fingerprint density at radius 2 is 2.13 bits per heavy atom. The van der Waals surface area contributed by atoms with Crippen LogP contribution in [-0.2, 0) is 24.3 Å². The van der Waals surface area contributed by atoms with Crippen molar-refractivity contribution in [1.29, 1.82) is 0 Å². The van der Waals surface area contributed by atoms with E-state index in [0.717, 1.165) is 29.4 Å². The normalized spacial score (nSPS) is 10.9. The molecule has 0 aliphatic carbocycles. The molecule has 0 spiro atoms. The molecule has 1 heterocycles. The molecular weight excluding hydrogens is 214 g/mol. The maximum atomic E-state index is 6.21. The summed E-state index contributed by atoms with van der Waals surface area (Å²) in [4.78, 5) is 5.09. The van der Waals surface area contributed by atoms with Crippen LogP contribution < -0.4 is 5.48 Å². The van der Waals surface area contributed by atoms with Crippen molar-refractivity contribution in [2.75, 3.05) is 6.61 Å². The smallest absolute Gasteiger partial charge is 0.0864 e. The van der Waals surface area contributed by atoms with E-state index in [4.69, 9.17) is 16.4 Å². The molecule has 0 aliphatic heterocycles. The fraction of sp³-hybridized carbons (Fsp3) is 0.700. The van der Waals surface area contributed by atoms with E-state index in [1.807, 2.05) is 25.5 Å². The number of halogens is 1. The first-order valence-corrected chi connectivity index (χ1v) is 5.71. The van der Waals surface area contributed by atoms with Gasteiger partial charge in [-0.25, -0.2) is 0 Å². The van der Waals surface area contributed by atoms with Crippen molar-refractivity contribution in [3.05, 3.63) is 16.4 Å². The van der Waals surface area contributed by atoms with Gasteiger partial charge in [0.25, 0.3) is 0 Å². The molecule has 0 saturated heterocycles. The number of nitrogens with zero attached hydrogens (tertiary/aromatic N) is 2. The summed E-state index contributed by atoms with van der Waals surface area (Å²) < 4.78 is 1.91. The summed E-state index contributed by atoms with van der Waals surface area (Å²) in [6.45, 7) is 8.08. The summed E-state index contributed by atoms with van der Waals surface area (Å²) in [5, 5.41) is 5.17. The molecule has 5 heteroatoms. The fourth-order valence-corrected chi connectivity index (χ4v) is 1.74. The summed E-state index contributed by atoms with van der Waals surface area (Å²) >= 11 is 6.21. The summed E-state index contributed by atoms with van der Waals surface area (Å²) in [5.41, 5.74) is 4.80. The highest BCUT2D eigenvalue weighted by atomic mass is 35.5. The highest BCUT2D eigenvalue weighted by Crippen LogP contribution is 2.21. The zero-order chi connectivity index (χ0) is 11.3. The van der Waals surface area contributed by atoms with Crippen LogP contribution >= 0.6 is 11.6 Å². The van der Waals surface area contributed by atoms with Gasteiger partial charge in [-0.15, -0.1) is 0 Å². The minimum absolute atomic E-state index is 0.591. The van der Waals surface area contributed by atoms with Crippen molar-refractivity contribution in [3.63, 3.8) is 0 Å². The first-order valence-electron chi connectivity index (χ1n) is 5.33. The SMILES string of the molecule is CCONCc1c(Cl)c(CC)nn1CC. The second kappa shape index (κ2) is 6.10. The lowest BCUT2D eigenvalue weighted by atomic mass is 10.3. The molecule has 0 atom stereocenters. The quantitative estimate of drug-likeness (QED) is 0.603. The van der Waals surface area contributed by atoms with Crippen LogP contribution in [0.5, 0.6) is 0 Å². The Labute approximate surface area is 95.5 Å². The Hall–Kier alpha value is -0.580. The Balaban J connectivity index is 2.78. The van der Waals surface area contributed by atoms with Crippen molar-refractivity contribution in [3.8, 4) is 0 Å². The number of hydrogen-bond acceptors (Lipinski definition) is 3. The second-order valence-electron chi connectivity index (χ2n) is 3.13. The maximum Gasteiger partial charge on any atom is 0.0864 e. The van der Waals surface area contributed by atoms with Gasteiger partial charge in [0.2, 0.25) is 0 Å². The Kier molecular flexibility index (Phi) is 5.08. The van der Waals surface area contributed by atoms with E-state index in [1.54, 1.807) is 0 Å². The molecule has 1 aromatic rings. The molecule has 0 amide bonds. The average Bonchev–Trinajstić information content (AvgIpc) is 2.56. The number of rotatable bonds is 6. The van der Waals surface area contributed by atoms with Crippen molar-refractivity contribution < 1.29 is 4.84 Å². The topological polar surface area (TPSA) is 39.1 Å². The Morgan fingerprint density at radius 1 is 1.40 bits per heavy atom. The van der Waals surface area contributed by atoms with Crippen LogP contribution in [0.1, 0.15) is 32.2 Å². The molecule has 0 radical (unpaired) electrons. The van der Waals surface area contributed by atoms with E-state index in [1.165, 1.54) is 0 Å². The molecular formula is C10H18ClN3O. The lowest BCUT2D eigenvalue weighted by Gasteiger charge is -2.06. The van der Waals surface area contributed by atoms with Gasteiger partial charge >= 0.3 is 0 Å². The minimum Gasteiger partial charge on any atom is -0.302 e. The number of aryl methyl sites for hydroxylation is 2. The Bertz CT molecular complexity index is 312. The lowest BCUT2D eigenvalue weighted by Crippen LogP contribution is -2.17.